The van der Waals surface area contributed by atoms with E-state index in [0.717, 1.165) is 6.07 Å². The summed E-state index contributed by atoms with van der Waals surface area (Å²) in [4.78, 5) is 25.4. The Balaban J connectivity index is 2.45. The Morgan fingerprint density at radius 1 is 1.21 bits per heavy atom. The van der Waals surface area contributed by atoms with E-state index >= 15 is 0 Å². The molecular weight excluding hydrogens is 248 g/mol. The van der Waals surface area contributed by atoms with Gasteiger partial charge >= 0.3 is 0 Å². The Morgan fingerprint density at radius 3 is 2.42 bits per heavy atom. The van der Waals surface area contributed by atoms with Gasteiger partial charge in [0, 0.05) is 31.7 Å². The maximum absolute atomic E-state index is 12.3. The van der Waals surface area contributed by atoms with Crippen molar-refractivity contribution in [2.75, 3.05) is 26.2 Å². The first kappa shape index (κ1) is 13.4. The van der Waals surface area contributed by atoms with Crippen LogP contribution in [-0.2, 0) is 0 Å². The van der Waals surface area contributed by atoms with Crippen LogP contribution < -0.4 is 10.7 Å². The highest BCUT2D eigenvalue weighted by Crippen LogP contribution is 2.17. The van der Waals surface area contributed by atoms with Crippen LogP contribution in [0, 0.1) is 6.92 Å². The Hall–Kier alpha value is -2.08. The molecule has 2 rings (SSSR count). The number of aryl methyl sites for hydroxylation is 1. The fraction of sp³-hybridized carbons (Fsp3) is 0.385. The summed E-state index contributed by atoms with van der Waals surface area (Å²) in [7, 11) is 0. The van der Waals surface area contributed by atoms with Gasteiger partial charge in [0.2, 0.25) is 0 Å². The minimum Gasteiger partial charge on any atom is -0.504 e. The predicted molar refractivity (Wildman–Crippen MR) is 69.6 cm³/mol. The molecule has 1 heterocycles. The largest absolute Gasteiger partial charge is 0.504 e. The molecule has 1 aromatic carbocycles. The third-order valence-electron chi connectivity index (χ3n) is 3.16. The molecule has 1 aliphatic heterocycles. The molecule has 3 N–H and O–H groups in total. The van der Waals surface area contributed by atoms with Crippen molar-refractivity contribution in [3.8, 4) is 11.5 Å². The van der Waals surface area contributed by atoms with E-state index in [1.165, 1.54) is 6.07 Å². The Bertz CT molecular complexity index is 565. The SMILES string of the molecule is Cc1cc(O)c(=O)c(O)cc1C(=O)N1CCNCC1. The van der Waals surface area contributed by atoms with Crippen LogP contribution in [-0.4, -0.2) is 47.2 Å². The van der Waals surface area contributed by atoms with Crippen LogP contribution in [0.3, 0.4) is 0 Å². The van der Waals surface area contributed by atoms with Gasteiger partial charge in [-0.1, -0.05) is 0 Å². The minimum atomic E-state index is -0.873. The summed E-state index contributed by atoms with van der Waals surface area (Å²) in [5.74, 6) is -1.43. The number of amides is 1. The van der Waals surface area contributed by atoms with Crippen LogP contribution in [0.2, 0.25) is 0 Å². The number of hydrogen-bond acceptors (Lipinski definition) is 5. The second-order valence-electron chi connectivity index (χ2n) is 4.53. The van der Waals surface area contributed by atoms with Crippen molar-refractivity contribution in [2.24, 2.45) is 0 Å². The molecule has 1 amide bonds. The molecular formula is C13H16N2O4. The predicted octanol–water partition coefficient (Wildman–Crippen LogP) is -0.188. The van der Waals surface area contributed by atoms with Gasteiger partial charge < -0.3 is 20.4 Å². The smallest absolute Gasteiger partial charge is 0.261 e. The van der Waals surface area contributed by atoms with Crippen LogP contribution in [0.4, 0.5) is 0 Å². The van der Waals surface area contributed by atoms with E-state index in [2.05, 4.69) is 5.32 Å². The third kappa shape index (κ3) is 2.68. The zero-order valence-electron chi connectivity index (χ0n) is 10.6. The molecule has 6 nitrogen and oxygen atoms in total. The Kier molecular flexibility index (Phi) is 3.71. The molecule has 1 aromatic rings. The van der Waals surface area contributed by atoms with E-state index in [4.69, 9.17) is 0 Å². The number of piperazine rings is 1. The molecule has 0 atom stereocenters. The number of aromatic hydroxyl groups is 2. The lowest BCUT2D eigenvalue weighted by molar-refractivity contribution is 0.0735. The summed E-state index contributed by atoms with van der Waals surface area (Å²) in [6, 6.07) is 2.33. The molecule has 0 bridgehead atoms. The van der Waals surface area contributed by atoms with Crippen molar-refractivity contribution < 1.29 is 15.0 Å². The first-order valence-corrected chi connectivity index (χ1v) is 6.07. The first-order chi connectivity index (χ1) is 9.00. The molecule has 1 aliphatic rings. The van der Waals surface area contributed by atoms with Gasteiger partial charge in [0.25, 0.3) is 11.3 Å². The van der Waals surface area contributed by atoms with E-state index in [1.807, 2.05) is 0 Å². The van der Waals surface area contributed by atoms with Crippen LogP contribution >= 0.6 is 0 Å². The van der Waals surface area contributed by atoms with Crippen molar-refractivity contribution in [3.63, 3.8) is 0 Å². The van der Waals surface area contributed by atoms with Gasteiger partial charge in [-0.2, -0.15) is 0 Å². The third-order valence-corrected chi connectivity index (χ3v) is 3.16. The van der Waals surface area contributed by atoms with Gasteiger partial charge in [0.15, 0.2) is 11.5 Å². The fourth-order valence-corrected chi connectivity index (χ4v) is 2.06. The number of carbonyl (C=O) groups excluding carboxylic acids is 1. The minimum absolute atomic E-state index is 0.233. The summed E-state index contributed by atoms with van der Waals surface area (Å²) in [5, 5.41) is 22.1. The monoisotopic (exact) mass is 264 g/mol. The lowest BCUT2D eigenvalue weighted by atomic mass is 10.1. The van der Waals surface area contributed by atoms with Crippen molar-refractivity contribution in [1.82, 2.24) is 10.2 Å². The van der Waals surface area contributed by atoms with Gasteiger partial charge in [0.1, 0.15) is 0 Å². The summed E-state index contributed by atoms with van der Waals surface area (Å²) >= 11 is 0. The van der Waals surface area contributed by atoms with Gasteiger partial charge in [-0.3, -0.25) is 9.59 Å². The number of hydrogen-bond donors (Lipinski definition) is 3. The molecule has 1 saturated heterocycles. The van der Waals surface area contributed by atoms with E-state index in [-0.39, 0.29) is 11.5 Å². The molecule has 6 heteroatoms. The molecule has 19 heavy (non-hydrogen) atoms. The zero-order valence-corrected chi connectivity index (χ0v) is 10.6. The van der Waals surface area contributed by atoms with E-state index in [1.54, 1.807) is 11.8 Å². The standard InChI is InChI=1S/C13H16N2O4/c1-8-6-10(16)12(18)11(17)7-9(8)13(19)15-4-2-14-3-5-15/h6-7,14H,2-5H2,1H3,(H2,16,17,18). The molecule has 0 radical (unpaired) electrons. The van der Waals surface area contributed by atoms with Crippen LogP contribution in [0.1, 0.15) is 15.9 Å². The zero-order chi connectivity index (χ0) is 14.0. The number of nitrogens with one attached hydrogen (secondary N) is 1. The fourth-order valence-electron chi connectivity index (χ4n) is 2.06. The molecule has 102 valence electrons. The average molecular weight is 264 g/mol. The molecule has 0 aliphatic carbocycles. The number of rotatable bonds is 1. The Morgan fingerprint density at radius 2 is 1.79 bits per heavy atom. The summed E-state index contributed by atoms with van der Waals surface area (Å²) in [6.45, 7) is 4.21. The normalized spacial score (nSPS) is 15.3. The van der Waals surface area contributed by atoms with Gasteiger partial charge in [-0.25, -0.2) is 0 Å². The van der Waals surface area contributed by atoms with Gasteiger partial charge in [-0.15, -0.1) is 0 Å². The number of nitrogens with zero attached hydrogens (tertiary/aromatic N) is 1. The molecule has 1 fully saturated rings. The highest BCUT2D eigenvalue weighted by atomic mass is 16.3. The molecule has 0 aromatic heterocycles. The van der Waals surface area contributed by atoms with Crippen LogP contribution in [0.15, 0.2) is 16.9 Å². The second kappa shape index (κ2) is 5.27. The van der Waals surface area contributed by atoms with Crippen molar-refractivity contribution in [1.29, 1.82) is 0 Å². The summed E-state index contributed by atoms with van der Waals surface area (Å²) < 4.78 is 0. The quantitative estimate of drug-likeness (QED) is 0.654. The summed E-state index contributed by atoms with van der Waals surface area (Å²) in [6.07, 6.45) is 0. The molecule has 0 unspecified atom stereocenters. The lowest BCUT2D eigenvalue weighted by Crippen LogP contribution is -2.46. The summed E-state index contributed by atoms with van der Waals surface area (Å²) in [5.41, 5.74) is -0.183. The van der Waals surface area contributed by atoms with Crippen LogP contribution in [0.5, 0.6) is 11.5 Å². The average Bonchev–Trinajstić information content (AvgIpc) is 2.51. The van der Waals surface area contributed by atoms with E-state index in [0.29, 0.717) is 31.7 Å². The lowest BCUT2D eigenvalue weighted by Gasteiger charge is -2.27. The van der Waals surface area contributed by atoms with Gasteiger partial charge in [-0.05, 0) is 24.6 Å². The second-order valence-corrected chi connectivity index (χ2v) is 4.53. The maximum Gasteiger partial charge on any atom is 0.261 e. The first-order valence-electron chi connectivity index (χ1n) is 6.07. The molecule has 0 saturated carbocycles. The van der Waals surface area contributed by atoms with Crippen molar-refractivity contribution in [2.45, 2.75) is 6.92 Å². The van der Waals surface area contributed by atoms with Crippen LogP contribution in [0.25, 0.3) is 0 Å². The maximum atomic E-state index is 12.3. The number of carbonyl (C=O) groups is 1. The van der Waals surface area contributed by atoms with Crippen molar-refractivity contribution >= 4 is 5.91 Å². The highest BCUT2D eigenvalue weighted by Gasteiger charge is 2.20. The Labute approximate surface area is 110 Å². The van der Waals surface area contributed by atoms with Gasteiger partial charge in [0.05, 0.1) is 0 Å². The van der Waals surface area contributed by atoms with E-state index < -0.39 is 16.9 Å². The topological polar surface area (TPSA) is 89.9 Å². The molecule has 0 spiro atoms. The van der Waals surface area contributed by atoms with Crippen molar-refractivity contribution in [3.05, 3.63) is 33.5 Å². The highest BCUT2D eigenvalue weighted by molar-refractivity contribution is 5.96. The van der Waals surface area contributed by atoms with E-state index in [9.17, 15) is 19.8 Å².